The maximum atomic E-state index is 14.0. The molecule has 8 nitrogen and oxygen atoms in total. The number of nitrogens with zero attached hydrogens (tertiary/aromatic N) is 2. The van der Waals surface area contributed by atoms with Gasteiger partial charge >= 0.3 is 18.3 Å². The predicted molar refractivity (Wildman–Crippen MR) is 168 cm³/mol. The third kappa shape index (κ3) is 8.15. The van der Waals surface area contributed by atoms with Gasteiger partial charge in [-0.1, -0.05) is 42.0 Å². The van der Waals surface area contributed by atoms with Crippen LogP contribution in [0.15, 0.2) is 65.6 Å². The second-order valence-electron chi connectivity index (χ2n) is 11.6. The molecule has 3 aromatic rings. The van der Waals surface area contributed by atoms with Crippen LogP contribution >= 0.6 is 11.6 Å². The van der Waals surface area contributed by atoms with Gasteiger partial charge in [0.1, 0.15) is 11.9 Å². The Balaban J connectivity index is 1.46. The molecule has 1 atom stereocenters. The molecule has 1 fully saturated rings. The summed E-state index contributed by atoms with van der Waals surface area (Å²) in [5, 5.41) is 9.04. The molecule has 5 rings (SSSR count). The number of carboxylic acids is 1. The first-order valence-electron chi connectivity index (χ1n) is 15.0. The summed E-state index contributed by atoms with van der Waals surface area (Å²) < 4.78 is 116. The number of carbonyl (C=O) groups excluding carboxylic acids is 1. The van der Waals surface area contributed by atoms with Gasteiger partial charge in [-0.3, -0.25) is 13.9 Å². The monoisotopic (exact) mass is 730 g/mol. The molecule has 0 unspecified atom stereocenters. The summed E-state index contributed by atoms with van der Waals surface area (Å²) >= 11 is 6.06. The largest absolute Gasteiger partial charge is 0.486 e. The summed E-state index contributed by atoms with van der Waals surface area (Å²) in [7, 11) is -4.67. The summed E-state index contributed by atoms with van der Waals surface area (Å²) in [5.74, 6) is -1.75. The van der Waals surface area contributed by atoms with Crippen LogP contribution < -0.4 is 9.04 Å². The lowest BCUT2D eigenvalue weighted by atomic mass is 9.97. The number of amides is 1. The van der Waals surface area contributed by atoms with Crippen molar-refractivity contribution in [2.75, 3.05) is 23.9 Å². The molecule has 3 aromatic carbocycles. The van der Waals surface area contributed by atoms with Gasteiger partial charge in [-0.05, 0) is 67.3 Å². The van der Waals surface area contributed by atoms with Crippen LogP contribution in [0.4, 0.5) is 32.0 Å². The van der Waals surface area contributed by atoms with Gasteiger partial charge in [0.25, 0.3) is 10.0 Å². The van der Waals surface area contributed by atoms with E-state index in [-0.39, 0.29) is 59.4 Å². The Kier molecular flexibility index (Phi) is 10.3. The van der Waals surface area contributed by atoms with Crippen LogP contribution in [0.3, 0.4) is 0 Å². The maximum Gasteiger partial charge on any atom is 0.417 e. The minimum absolute atomic E-state index is 0.0207. The van der Waals surface area contributed by atoms with E-state index < -0.39 is 62.9 Å². The van der Waals surface area contributed by atoms with Gasteiger partial charge in [0.15, 0.2) is 0 Å². The smallest absolute Gasteiger partial charge is 0.417 e. The lowest BCUT2D eigenvalue weighted by Gasteiger charge is -2.36. The Morgan fingerprint density at radius 1 is 0.939 bits per heavy atom. The number of benzene rings is 3. The van der Waals surface area contributed by atoms with Crippen molar-refractivity contribution < 1.29 is 54.2 Å². The fraction of sp³-hybridized carbons (Fsp3) is 0.333. The van der Waals surface area contributed by atoms with Crippen molar-refractivity contribution in [3.63, 3.8) is 0 Å². The molecule has 49 heavy (non-hydrogen) atoms. The van der Waals surface area contributed by atoms with E-state index >= 15 is 0 Å². The number of rotatable bonds is 8. The van der Waals surface area contributed by atoms with E-state index in [2.05, 4.69) is 0 Å². The van der Waals surface area contributed by atoms with Crippen LogP contribution in [0.25, 0.3) is 12.2 Å². The zero-order valence-electron chi connectivity index (χ0n) is 25.5. The number of likely N-dealkylation sites (tertiary alicyclic amines) is 1. The number of anilines is 1. The van der Waals surface area contributed by atoms with Crippen molar-refractivity contribution in [3.8, 4) is 5.75 Å². The van der Waals surface area contributed by atoms with Gasteiger partial charge in [-0.15, -0.1) is 0 Å². The molecule has 0 bridgehead atoms. The van der Waals surface area contributed by atoms with Gasteiger partial charge in [0.2, 0.25) is 5.91 Å². The lowest BCUT2D eigenvalue weighted by molar-refractivity contribution is -0.145. The molecule has 16 heteroatoms. The number of piperidine rings is 1. The van der Waals surface area contributed by atoms with Gasteiger partial charge in [-0.2, -0.15) is 26.3 Å². The molecule has 0 saturated carbocycles. The number of hydrogen-bond acceptors (Lipinski definition) is 5. The fourth-order valence-corrected chi connectivity index (χ4v) is 7.50. The summed E-state index contributed by atoms with van der Waals surface area (Å²) in [6.45, 7) is 0.0974. The molecule has 0 radical (unpaired) electrons. The standard InChI is InChI=1S/C33H29ClF6N2O6S/c34-27-6-2-5-26(33(38,39)40)25(27)10-7-20-8-11-29-28(17-20)42(49(46,47)24-4-1-3-22(18-24)32(35,36)37)19-23(48-29)9-12-30(43)41-15-13-21(14-16-41)31(44)45/h1-8,10-11,17-18,21,23H,9,12-16,19H2,(H,44,45)/b10-7+/t23-/m0/s1. The third-order valence-electron chi connectivity index (χ3n) is 8.34. The first-order chi connectivity index (χ1) is 22.9. The lowest BCUT2D eigenvalue weighted by Crippen LogP contribution is -2.45. The minimum Gasteiger partial charge on any atom is -0.486 e. The number of carbonyl (C=O) groups is 2. The highest BCUT2D eigenvalue weighted by Crippen LogP contribution is 2.41. The second kappa shape index (κ2) is 13.9. The number of halogens is 7. The van der Waals surface area contributed by atoms with E-state index in [0.29, 0.717) is 18.9 Å². The topological polar surface area (TPSA) is 104 Å². The molecule has 2 heterocycles. The zero-order chi connectivity index (χ0) is 35.7. The van der Waals surface area contributed by atoms with Gasteiger partial charge < -0.3 is 14.7 Å². The number of ether oxygens (including phenoxy) is 1. The van der Waals surface area contributed by atoms with E-state index in [1.54, 1.807) is 0 Å². The molecule has 262 valence electrons. The summed E-state index contributed by atoms with van der Waals surface area (Å²) in [4.78, 5) is 25.1. The Morgan fingerprint density at radius 2 is 1.63 bits per heavy atom. The zero-order valence-corrected chi connectivity index (χ0v) is 27.0. The van der Waals surface area contributed by atoms with Crippen LogP contribution in [0.5, 0.6) is 5.75 Å². The van der Waals surface area contributed by atoms with Crippen molar-refractivity contribution in [2.45, 2.75) is 49.0 Å². The highest BCUT2D eigenvalue weighted by atomic mass is 35.5. The van der Waals surface area contributed by atoms with E-state index in [9.17, 15) is 49.5 Å². The SMILES string of the molecule is O=C(O)C1CCN(C(=O)CC[C@H]2CN(S(=O)(=O)c3cccc(C(F)(F)F)c3)c3cc(/C=C/c4c(Cl)cccc4C(F)(F)F)ccc3O2)CC1. The fourth-order valence-electron chi connectivity index (χ4n) is 5.72. The van der Waals surface area contributed by atoms with E-state index in [0.717, 1.165) is 40.7 Å². The van der Waals surface area contributed by atoms with Crippen LogP contribution in [-0.2, 0) is 32.0 Å². The summed E-state index contributed by atoms with van der Waals surface area (Å²) in [6.07, 6.45) is -7.51. The second-order valence-corrected chi connectivity index (χ2v) is 13.9. The van der Waals surface area contributed by atoms with Crippen molar-refractivity contribution in [1.29, 1.82) is 0 Å². The van der Waals surface area contributed by atoms with Gasteiger partial charge in [0, 0.05) is 30.1 Å². The van der Waals surface area contributed by atoms with Crippen LogP contribution in [0, 0.1) is 5.92 Å². The average Bonchev–Trinajstić information content (AvgIpc) is 3.05. The first-order valence-corrected chi connectivity index (χ1v) is 16.8. The molecule has 0 aliphatic carbocycles. The number of hydrogen-bond donors (Lipinski definition) is 1. The molecule has 1 amide bonds. The van der Waals surface area contributed by atoms with Crippen LogP contribution in [-0.4, -0.2) is 56.0 Å². The van der Waals surface area contributed by atoms with Crippen molar-refractivity contribution >= 4 is 51.3 Å². The number of fused-ring (bicyclic) bond motifs is 1. The molecule has 1 N–H and O–H groups in total. The number of aliphatic carboxylic acids is 1. The van der Waals surface area contributed by atoms with Crippen molar-refractivity contribution in [2.24, 2.45) is 5.92 Å². The molecule has 1 saturated heterocycles. The Labute approximate surface area is 282 Å². The van der Waals surface area contributed by atoms with E-state index in [1.807, 2.05) is 0 Å². The molecule has 2 aliphatic rings. The van der Waals surface area contributed by atoms with E-state index in [4.69, 9.17) is 16.3 Å². The normalized spacial score (nSPS) is 17.6. The number of sulfonamides is 1. The van der Waals surface area contributed by atoms with Crippen LogP contribution in [0.1, 0.15) is 47.9 Å². The highest BCUT2D eigenvalue weighted by Gasteiger charge is 2.38. The first kappa shape index (κ1) is 36.1. The van der Waals surface area contributed by atoms with Crippen molar-refractivity contribution in [1.82, 2.24) is 4.90 Å². The van der Waals surface area contributed by atoms with Crippen LogP contribution in [0.2, 0.25) is 5.02 Å². The van der Waals surface area contributed by atoms with Gasteiger partial charge in [0.05, 0.1) is 34.2 Å². The highest BCUT2D eigenvalue weighted by molar-refractivity contribution is 7.92. The average molecular weight is 731 g/mol. The Bertz CT molecular complexity index is 1870. The minimum atomic E-state index is -4.83. The summed E-state index contributed by atoms with van der Waals surface area (Å²) in [5.41, 5.74) is -2.34. The Morgan fingerprint density at radius 3 is 2.29 bits per heavy atom. The van der Waals surface area contributed by atoms with E-state index in [1.165, 1.54) is 35.2 Å². The number of carboxylic acid groups (broad SMARTS) is 1. The number of alkyl halides is 6. The molecule has 0 spiro atoms. The van der Waals surface area contributed by atoms with Gasteiger partial charge in [-0.25, -0.2) is 8.42 Å². The maximum absolute atomic E-state index is 14.0. The predicted octanol–water partition coefficient (Wildman–Crippen LogP) is 7.61. The van der Waals surface area contributed by atoms with Crippen molar-refractivity contribution in [3.05, 3.63) is 87.9 Å². The molecular formula is C33H29ClF6N2O6S. The molecular weight excluding hydrogens is 702 g/mol. The molecule has 2 aliphatic heterocycles. The Hall–Kier alpha value is -4.24. The third-order valence-corrected chi connectivity index (χ3v) is 10.4. The summed E-state index contributed by atoms with van der Waals surface area (Å²) in [6, 6.07) is 10.6. The quantitative estimate of drug-likeness (QED) is 0.189. The molecule has 0 aromatic heterocycles.